The first-order valence-electron chi connectivity index (χ1n) is 6.72. The molecule has 2 saturated heterocycles. The van der Waals surface area contributed by atoms with E-state index in [4.69, 9.17) is 0 Å². The molecule has 0 aliphatic carbocycles. The number of nitriles is 1. The summed E-state index contributed by atoms with van der Waals surface area (Å²) in [7, 11) is 0. The molecule has 0 saturated carbocycles. The summed E-state index contributed by atoms with van der Waals surface area (Å²) < 4.78 is 0. The fourth-order valence-corrected chi connectivity index (χ4v) is 3.28. The molecule has 1 N–H and O–H groups in total. The standard InChI is InChI=1S/C14H18N4/c15-9-11-3-1-6-17-14(11)18-8-2-4-12-10-16-7-5-13(12)18/h1,3,6,12-13,16H,2,4-5,7-8,10H2. The van der Waals surface area contributed by atoms with E-state index in [1.807, 2.05) is 12.1 Å². The van der Waals surface area contributed by atoms with Gasteiger partial charge in [0.15, 0.2) is 0 Å². The maximum atomic E-state index is 9.22. The number of nitrogens with zero attached hydrogens (tertiary/aromatic N) is 3. The van der Waals surface area contributed by atoms with Crippen LogP contribution in [0.25, 0.3) is 0 Å². The Hall–Kier alpha value is -1.60. The Balaban J connectivity index is 1.92. The molecule has 2 fully saturated rings. The minimum Gasteiger partial charge on any atom is -0.352 e. The average Bonchev–Trinajstić information content (AvgIpc) is 2.46. The highest BCUT2D eigenvalue weighted by Gasteiger charge is 2.34. The highest BCUT2D eigenvalue weighted by Crippen LogP contribution is 2.32. The van der Waals surface area contributed by atoms with Gasteiger partial charge in [-0.25, -0.2) is 4.98 Å². The van der Waals surface area contributed by atoms with Crippen molar-refractivity contribution in [1.29, 1.82) is 5.26 Å². The fraction of sp³-hybridized carbons (Fsp3) is 0.571. The molecular formula is C14H18N4. The van der Waals surface area contributed by atoms with Gasteiger partial charge in [0.1, 0.15) is 11.9 Å². The van der Waals surface area contributed by atoms with Crippen molar-refractivity contribution in [3.8, 4) is 6.07 Å². The van der Waals surface area contributed by atoms with Gasteiger partial charge >= 0.3 is 0 Å². The van der Waals surface area contributed by atoms with Crippen LogP contribution in [0.1, 0.15) is 24.8 Å². The van der Waals surface area contributed by atoms with Gasteiger partial charge in [0, 0.05) is 18.8 Å². The highest BCUT2D eigenvalue weighted by molar-refractivity contribution is 5.54. The first-order valence-corrected chi connectivity index (χ1v) is 6.72. The summed E-state index contributed by atoms with van der Waals surface area (Å²) in [5.41, 5.74) is 0.705. The Morgan fingerprint density at radius 2 is 2.39 bits per heavy atom. The van der Waals surface area contributed by atoms with Gasteiger partial charge in [0.05, 0.1) is 5.56 Å². The molecule has 0 spiro atoms. The molecule has 4 heteroatoms. The zero-order valence-electron chi connectivity index (χ0n) is 10.5. The number of hydrogen-bond donors (Lipinski definition) is 1. The van der Waals surface area contributed by atoms with Crippen molar-refractivity contribution in [3.63, 3.8) is 0 Å². The van der Waals surface area contributed by atoms with Crippen molar-refractivity contribution >= 4 is 5.82 Å². The van der Waals surface area contributed by atoms with Crippen molar-refractivity contribution in [1.82, 2.24) is 10.3 Å². The maximum absolute atomic E-state index is 9.22. The third-order valence-corrected chi connectivity index (χ3v) is 4.12. The molecule has 0 amide bonds. The van der Waals surface area contributed by atoms with Crippen molar-refractivity contribution in [3.05, 3.63) is 23.9 Å². The molecule has 4 nitrogen and oxygen atoms in total. The zero-order chi connectivity index (χ0) is 12.4. The Morgan fingerprint density at radius 1 is 1.44 bits per heavy atom. The van der Waals surface area contributed by atoms with Crippen LogP contribution in [0.5, 0.6) is 0 Å². The molecule has 94 valence electrons. The number of aromatic nitrogens is 1. The predicted octanol–water partition coefficient (Wildman–Crippen LogP) is 1.53. The van der Waals surface area contributed by atoms with E-state index < -0.39 is 0 Å². The molecule has 0 bridgehead atoms. The molecule has 2 atom stereocenters. The Kier molecular flexibility index (Phi) is 3.16. The quantitative estimate of drug-likeness (QED) is 0.811. The molecule has 1 aromatic heterocycles. The van der Waals surface area contributed by atoms with E-state index in [1.54, 1.807) is 6.20 Å². The molecule has 2 aliphatic rings. The second kappa shape index (κ2) is 4.95. The summed E-state index contributed by atoms with van der Waals surface area (Å²) >= 11 is 0. The van der Waals surface area contributed by atoms with Crippen LogP contribution in [0.2, 0.25) is 0 Å². The lowest BCUT2D eigenvalue weighted by atomic mass is 9.84. The Labute approximate surface area is 108 Å². The van der Waals surface area contributed by atoms with E-state index in [-0.39, 0.29) is 0 Å². The van der Waals surface area contributed by atoms with E-state index in [9.17, 15) is 5.26 Å². The zero-order valence-corrected chi connectivity index (χ0v) is 10.5. The summed E-state index contributed by atoms with van der Waals surface area (Å²) in [6.45, 7) is 3.22. The number of anilines is 1. The normalized spacial score (nSPS) is 27.4. The summed E-state index contributed by atoms with van der Waals surface area (Å²) in [5, 5.41) is 12.7. The molecule has 0 aromatic carbocycles. The van der Waals surface area contributed by atoms with Crippen LogP contribution in [0.3, 0.4) is 0 Å². The van der Waals surface area contributed by atoms with Gasteiger partial charge in [-0.15, -0.1) is 0 Å². The highest BCUT2D eigenvalue weighted by atomic mass is 15.2. The van der Waals surface area contributed by atoms with Gasteiger partial charge in [-0.05, 0) is 50.4 Å². The monoisotopic (exact) mass is 242 g/mol. The van der Waals surface area contributed by atoms with Crippen LogP contribution in [-0.4, -0.2) is 30.7 Å². The van der Waals surface area contributed by atoms with E-state index in [1.165, 1.54) is 12.8 Å². The fourth-order valence-electron chi connectivity index (χ4n) is 3.28. The van der Waals surface area contributed by atoms with Gasteiger partial charge in [-0.1, -0.05) is 0 Å². The Morgan fingerprint density at radius 3 is 3.28 bits per heavy atom. The third-order valence-electron chi connectivity index (χ3n) is 4.12. The molecule has 0 radical (unpaired) electrons. The lowest BCUT2D eigenvalue weighted by molar-refractivity contribution is 0.258. The summed E-state index contributed by atoms with van der Waals surface area (Å²) in [6.07, 6.45) is 5.44. The molecule has 18 heavy (non-hydrogen) atoms. The van der Waals surface area contributed by atoms with Crippen LogP contribution in [-0.2, 0) is 0 Å². The number of nitrogens with one attached hydrogen (secondary N) is 1. The van der Waals surface area contributed by atoms with E-state index in [2.05, 4.69) is 21.3 Å². The first kappa shape index (κ1) is 11.5. The molecule has 2 unspecified atom stereocenters. The van der Waals surface area contributed by atoms with Gasteiger partial charge in [-0.3, -0.25) is 0 Å². The van der Waals surface area contributed by atoms with Crippen molar-refractivity contribution < 1.29 is 0 Å². The van der Waals surface area contributed by atoms with Crippen LogP contribution in [0.4, 0.5) is 5.82 Å². The van der Waals surface area contributed by atoms with Gasteiger partial charge in [-0.2, -0.15) is 5.26 Å². The second-order valence-corrected chi connectivity index (χ2v) is 5.14. The van der Waals surface area contributed by atoms with E-state index in [0.29, 0.717) is 17.5 Å². The van der Waals surface area contributed by atoms with E-state index in [0.717, 1.165) is 31.9 Å². The number of hydrogen-bond acceptors (Lipinski definition) is 4. The maximum Gasteiger partial charge on any atom is 0.146 e. The molecule has 3 heterocycles. The summed E-state index contributed by atoms with van der Waals surface area (Å²) in [4.78, 5) is 6.82. The number of rotatable bonds is 1. The average molecular weight is 242 g/mol. The molecule has 2 aliphatic heterocycles. The van der Waals surface area contributed by atoms with Crippen LogP contribution in [0.15, 0.2) is 18.3 Å². The topological polar surface area (TPSA) is 52.0 Å². The lowest BCUT2D eigenvalue weighted by Gasteiger charge is -2.45. The van der Waals surface area contributed by atoms with Crippen LogP contribution >= 0.6 is 0 Å². The summed E-state index contributed by atoms with van der Waals surface area (Å²) in [5.74, 6) is 1.60. The number of piperidine rings is 2. The lowest BCUT2D eigenvalue weighted by Crippen LogP contribution is -2.53. The SMILES string of the molecule is N#Cc1cccnc1N1CCCC2CNCCC21. The van der Waals surface area contributed by atoms with Crippen molar-refractivity contribution in [2.24, 2.45) is 5.92 Å². The smallest absolute Gasteiger partial charge is 0.146 e. The molecular weight excluding hydrogens is 224 g/mol. The van der Waals surface area contributed by atoms with Crippen LogP contribution < -0.4 is 10.2 Å². The molecule has 3 rings (SSSR count). The largest absolute Gasteiger partial charge is 0.352 e. The Bertz CT molecular complexity index is 463. The van der Waals surface area contributed by atoms with E-state index >= 15 is 0 Å². The van der Waals surface area contributed by atoms with Crippen LogP contribution in [0, 0.1) is 17.2 Å². The van der Waals surface area contributed by atoms with Crippen molar-refractivity contribution in [2.45, 2.75) is 25.3 Å². The predicted molar refractivity (Wildman–Crippen MR) is 70.3 cm³/mol. The minimum atomic E-state index is 0.557. The molecule has 1 aromatic rings. The van der Waals surface area contributed by atoms with Gasteiger partial charge < -0.3 is 10.2 Å². The minimum absolute atomic E-state index is 0.557. The van der Waals surface area contributed by atoms with Gasteiger partial charge in [0.2, 0.25) is 0 Å². The number of fused-ring (bicyclic) bond motifs is 1. The first-order chi connectivity index (χ1) is 8.90. The number of pyridine rings is 1. The summed E-state index contributed by atoms with van der Waals surface area (Å²) in [6, 6.07) is 6.53. The third kappa shape index (κ3) is 1.95. The van der Waals surface area contributed by atoms with Crippen molar-refractivity contribution in [2.75, 3.05) is 24.5 Å². The van der Waals surface area contributed by atoms with Gasteiger partial charge in [0.25, 0.3) is 0 Å². The second-order valence-electron chi connectivity index (χ2n) is 5.14.